The maximum Gasteiger partial charge on any atom is 0.317 e. The fourth-order valence-corrected chi connectivity index (χ4v) is 2.10. The zero-order chi connectivity index (χ0) is 9.10. The van der Waals surface area contributed by atoms with Crippen LogP contribution < -0.4 is 10.6 Å². The lowest BCUT2D eigenvalue weighted by atomic mass is 10.1. The van der Waals surface area contributed by atoms with E-state index in [9.17, 15) is 4.79 Å². The lowest BCUT2D eigenvalue weighted by Crippen LogP contribution is -2.55. The average molecular weight is 183 g/mol. The van der Waals surface area contributed by atoms with E-state index in [0.717, 1.165) is 39.0 Å². The van der Waals surface area contributed by atoms with Crippen molar-refractivity contribution < 1.29 is 4.79 Å². The molecule has 2 aliphatic heterocycles. The maximum absolute atomic E-state index is 11.5. The minimum Gasteiger partial charge on any atom is -0.338 e. The second-order valence-corrected chi connectivity index (χ2v) is 3.78. The smallest absolute Gasteiger partial charge is 0.317 e. The molecule has 2 aliphatic rings. The van der Waals surface area contributed by atoms with Crippen molar-refractivity contribution in [2.75, 3.05) is 26.2 Å². The number of hydrogen-bond acceptors (Lipinski definition) is 2. The predicted octanol–water partition coefficient (Wildman–Crippen LogP) is 0.154. The van der Waals surface area contributed by atoms with Crippen LogP contribution in [0, 0.1) is 0 Å². The van der Waals surface area contributed by atoms with E-state index in [1.165, 1.54) is 6.42 Å². The Labute approximate surface area is 78.7 Å². The largest absolute Gasteiger partial charge is 0.338 e. The van der Waals surface area contributed by atoms with Crippen LogP contribution in [0.15, 0.2) is 0 Å². The average Bonchev–Trinajstić information content (AvgIpc) is 2.20. The Kier molecular flexibility index (Phi) is 2.68. The third-order valence-corrected chi connectivity index (χ3v) is 2.82. The van der Waals surface area contributed by atoms with Gasteiger partial charge in [0.15, 0.2) is 0 Å². The van der Waals surface area contributed by atoms with Gasteiger partial charge in [-0.15, -0.1) is 0 Å². The van der Waals surface area contributed by atoms with Crippen molar-refractivity contribution in [1.82, 2.24) is 15.5 Å². The summed E-state index contributed by atoms with van der Waals surface area (Å²) < 4.78 is 0. The van der Waals surface area contributed by atoms with Crippen molar-refractivity contribution in [3.05, 3.63) is 0 Å². The first-order chi connectivity index (χ1) is 6.38. The topological polar surface area (TPSA) is 44.4 Å². The molecule has 13 heavy (non-hydrogen) atoms. The summed E-state index contributed by atoms with van der Waals surface area (Å²) in [5, 5.41) is 6.22. The molecule has 2 heterocycles. The number of nitrogens with one attached hydrogen (secondary N) is 2. The van der Waals surface area contributed by atoms with Crippen LogP contribution in [-0.4, -0.2) is 43.2 Å². The van der Waals surface area contributed by atoms with E-state index in [4.69, 9.17) is 0 Å². The van der Waals surface area contributed by atoms with Gasteiger partial charge in [0.1, 0.15) is 0 Å². The number of nitrogens with zero attached hydrogens (tertiary/aromatic N) is 1. The molecule has 2 fully saturated rings. The van der Waals surface area contributed by atoms with Crippen molar-refractivity contribution in [2.45, 2.75) is 25.3 Å². The van der Waals surface area contributed by atoms with Crippen LogP contribution >= 0.6 is 0 Å². The van der Waals surface area contributed by atoms with Gasteiger partial charge in [-0.05, 0) is 25.8 Å². The number of carbonyl (C=O) groups excluding carboxylic acids is 1. The molecule has 4 heteroatoms. The number of rotatable bonds is 1. The summed E-state index contributed by atoms with van der Waals surface area (Å²) in [4.78, 5) is 13.5. The van der Waals surface area contributed by atoms with Crippen molar-refractivity contribution in [2.24, 2.45) is 0 Å². The highest BCUT2D eigenvalue weighted by Gasteiger charge is 2.26. The Bertz CT molecular complexity index is 189. The quantitative estimate of drug-likeness (QED) is 0.608. The lowest BCUT2D eigenvalue weighted by Gasteiger charge is -2.37. The van der Waals surface area contributed by atoms with Gasteiger partial charge in [0.05, 0.1) is 0 Å². The van der Waals surface area contributed by atoms with Crippen LogP contribution in [0.1, 0.15) is 19.3 Å². The molecule has 1 atom stereocenters. The summed E-state index contributed by atoms with van der Waals surface area (Å²) in [6, 6.07) is 0.550. The van der Waals surface area contributed by atoms with Gasteiger partial charge in [-0.25, -0.2) is 4.79 Å². The summed E-state index contributed by atoms with van der Waals surface area (Å²) in [5.41, 5.74) is 0. The van der Waals surface area contributed by atoms with Gasteiger partial charge in [-0.2, -0.15) is 0 Å². The van der Waals surface area contributed by atoms with Crippen LogP contribution in [0.4, 0.5) is 4.79 Å². The fraction of sp³-hybridized carbons (Fsp3) is 0.889. The molecule has 0 saturated carbocycles. The molecule has 0 radical (unpaired) electrons. The number of amides is 2. The SMILES string of the molecule is O=C1NCCCN1C1CCCNC1. The Morgan fingerprint density at radius 3 is 2.92 bits per heavy atom. The van der Waals surface area contributed by atoms with E-state index < -0.39 is 0 Å². The van der Waals surface area contributed by atoms with E-state index >= 15 is 0 Å². The standard InChI is InChI=1S/C9H17N3O/c13-9-11-5-2-6-12(9)8-3-1-4-10-7-8/h8,10H,1-7H2,(H,11,13). The first kappa shape index (κ1) is 8.81. The molecule has 0 spiro atoms. The molecular weight excluding hydrogens is 166 g/mol. The molecule has 2 rings (SSSR count). The van der Waals surface area contributed by atoms with Gasteiger partial charge in [-0.1, -0.05) is 0 Å². The highest BCUT2D eigenvalue weighted by atomic mass is 16.2. The van der Waals surface area contributed by atoms with Crippen LogP contribution in [0.2, 0.25) is 0 Å². The van der Waals surface area contributed by atoms with Gasteiger partial charge in [0.2, 0.25) is 0 Å². The van der Waals surface area contributed by atoms with E-state index in [2.05, 4.69) is 10.6 Å². The second kappa shape index (κ2) is 3.96. The molecule has 1 unspecified atom stereocenters. The number of piperidine rings is 1. The van der Waals surface area contributed by atoms with Gasteiger partial charge in [0, 0.05) is 25.7 Å². The fourth-order valence-electron chi connectivity index (χ4n) is 2.10. The first-order valence-corrected chi connectivity index (χ1v) is 5.13. The monoisotopic (exact) mass is 183 g/mol. The Hall–Kier alpha value is -0.770. The van der Waals surface area contributed by atoms with Crippen LogP contribution in [0.5, 0.6) is 0 Å². The Morgan fingerprint density at radius 1 is 1.31 bits per heavy atom. The molecule has 2 N–H and O–H groups in total. The van der Waals surface area contributed by atoms with E-state index in [0.29, 0.717) is 6.04 Å². The number of carbonyl (C=O) groups is 1. The van der Waals surface area contributed by atoms with E-state index in [1.807, 2.05) is 4.90 Å². The molecule has 4 nitrogen and oxygen atoms in total. The Balaban J connectivity index is 1.92. The summed E-state index contributed by atoms with van der Waals surface area (Å²) >= 11 is 0. The molecule has 0 aromatic carbocycles. The van der Waals surface area contributed by atoms with Gasteiger partial charge in [0.25, 0.3) is 0 Å². The number of hydrogen-bond donors (Lipinski definition) is 2. The van der Waals surface area contributed by atoms with Crippen molar-refractivity contribution in [1.29, 1.82) is 0 Å². The minimum absolute atomic E-state index is 0.125. The molecule has 2 amide bonds. The zero-order valence-corrected chi connectivity index (χ0v) is 7.88. The molecule has 0 bridgehead atoms. The maximum atomic E-state index is 11.5. The highest BCUT2D eigenvalue weighted by Crippen LogP contribution is 2.12. The molecular formula is C9H17N3O. The van der Waals surface area contributed by atoms with Gasteiger partial charge >= 0.3 is 6.03 Å². The number of urea groups is 1. The van der Waals surface area contributed by atoms with Gasteiger partial charge in [-0.3, -0.25) is 0 Å². The predicted molar refractivity (Wildman–Crippen MR) is 50.6 cm³/mol. The summed E-state index contributed by atoms with van der Waals surface area (Å²) in [6.07, 6.45) is 3.43. The molecule has 0 aromatic rings. The van der Waals surface area contributed by atoms with Crippen molar-refractivity contribution in [3.8, 4) is 0 Å². The third-order valence-electron chi connectivity index (χ3n) is 2.82. The van der Waals surface area contributed by atoms with E-state index in [1.54, 1.807) is 0 Å². The Morgan fingerprint density at radius 2 is 2.23 bits per heavy atom. The van der Waals surface area contributed by atoms with Crippen molar-refractivity contribution >= 4 is 6.03 Å². The summed E-state index contributed by atoms with van der Waals surface area (Å²) in [5.74, 6) is 0. The third kappa shape index (κ3) is 1.94. The molecule has 74 valence electrons. The highest BCUT2D eigenvalue weighted by molar-refractivity contribution is 5.75. The minimum atomic E-state index is 0.125. The zero-order valence-electron chi connectivity index (χ0n) is 7.88. The second-order valence-electron chi connectivity index (χ2n) is 3.78. The van der Waals surface area contributed by atoms with Crippen LogP contribution in [0.3, 0.4) is 0 Å². The normalized spacial score (nSPS) is 30.0. The van der Waals surface area contributed by atoms with Crippen molar-refractivity contribution in [3.63, 3.8) is 0 Å². The lowest BCUT2D eigenvalue weighted by molar-refractivity contribution is 0.148. The van der Waals surface area contributed by atoms with Crippen LogP contribution in [-0.2, 0) is 0 Å². The first-order valence-electron chi connectivity index (χ1n) is 5.13. The molecule has 0 aromatic heterocycles. The summed E-state index contributed by atoms with van der Waals surface area (Å²) in [7, 11) is 0. The van der Waals surface area contributed by atoms with Crippen LogP contribution in [0.25, 0.3) is 0 Å². The molecule has 2 saturated heterocycles. The molecule has 0 aliphatic carbocycles. The summed E-state index contributed by atoms with van der Waals surface area (Å²) in [6.45, 7) is 3.84. The van der Waals surface area contributed by atoms with E-state index in [-0.39, 0.29) is 6.03 Å². The van der Waals surface area contributed by atoms with Gasteiger partial charge < -0.3 is 15.5 Å².